The highest BCUT2D eigenvalue weighted by Gasteiger charge is 2.28. The van der Waals surface area contributed by atoms with Crippen LogP contribution in [-0.2, 0) is 4.74 Å². The van der Waals surface area contributed by atoms with Crippen LogP contribution in [0.3, 0.4) is 0 Å². The molecule has 1 N–H and O–H groups in total. The molecule has 112 valence electrons. The summed E-state index contributed by atoms with van der Waals surface area (Å²) in [6.45, 7) is 9.76. The van der Waals surface area contributed by atoms with Gasteiger partial charge in [-0.3, -0.25) is 4.90 Å². The quantitative estimate of drug-likeness (QED) is 0.829. The zero-order chi connectivity index (χ0) is 13.5. The van der Waals surface area contributed by atoms with Gasteiger partial charge in [0, 0.05) is 25.2 Å². The van der Waals surface area contributed by atoms with E-state index in [0.717, 1.165) is 19.1 Å². The molecule has 0 amide bonds. The van der Waals surface area contributed by atoms with E-state index >= 15 is 0 Å². The van der Waals surface area contributed by atoms with E-state index in [2.05, 4.69) is 24.1 Å². The summed E-state index contributed by atoms with van der Waals surface area (Å²) in [6, 6.07) is 1.28. The lowest BCUT2D eigenvalue weighted by Gasteiger charge is -2.35. The molecule has 1 saturated heterocycles. The van der Waals surface area contributed by atoms with Crippen molar-refractivity contribution in [2.75, 3.05) is 32.8 Å². The molecule has 1 heterocycles. The van der Waals surface area contributed by atoms with Crippen molar-refractivity contribution < 1.29 is 4.74 Å². The van der Waals surface area contributed by atoms with E-state index in [4.69, 9.17) is 4.74 Å². The van der Waals surface area contributed by atoms with Gasteiger partial charge in [0.15, 0.2) is 0 Å². The molecule has 1 aliphatic carbocycles. The Balaban J connectivity index is 1.86. The Labute approximate surface area is 119 Å². The summed E-state index contributed by atoms with van der Waals surface area (Å²) >= 11 is 0. The third kappa shape index (κ3) is 4.73. The average molecular weight is 268 g/mol. The van der Waals surface area contributed by atoms with Gasteiger partial charge in [0.25, 0.3) is 0 Å². The second-order valence-corrected chi connectivity index (χ2v) is 6.32. The molecule has 1 saturated carbocycles. The molecule has 3 nitrogen and oxygen atoms in total. The summed E-state index contributed by atoms with van der Waals surface area (Å²) in [5.41, 5.74) is 0. The Hall–Kier alpha value is -0.120. The van der Waals surface area contributed by atoms with Crippen molar-refractivity contribution in [3.05, 3.63) is 0 Å². The van der Waals surface area contributed by atoms with Crippen LogP contribution >= 0.6 is 0 Å². The molecule has 0 radical (unpaired) electrons. The maximum absolute atomic E-state index is 5.61. The zero-order valence-corrected chi connectivity index (χ0v) is 12.9. The van der Waals surface area contributed by atoms with Gasteiger partial charge in [-0.25, -0.2) is 0 Å². The van der Waals surface area contributed by atoms with E-state index in [1.807, 2.05) is 0 Å². The maximum Gasteiger partial charge on any atom is 0.0619 e. The molecule has 2 atom stereocenters. The van der Waals surface area contributed by atoms with Gasteiger partial charge in [0.1, 0.15) is 0 Å². The van der Waals surface area contributed by atoms with Crippen molar-refractivity contribution in [3.63, 3.8) is 0 Å². The number of ether oxygens (including phenoxy) is 1. The molecule has 19 heavy (non-hydrogen) atoms. The largest absolute Gasteiger partial charge is 0.380 e. The second kappa shape index (κ2) is 8.23. The highest BCUT2D eigenvalue weighted by Crippen LogP contribution is 2.27. The minimum absolute atomic E-state index is 0.561. The number of hydrogen-bond donors (Lipinski definition) is 1. The molecule has 3 heteroatoms. The number of nitrogens with zero attached hydrogens (tertiary/aromatic N) is 1. The second-order valence-electron chi connectivity index (χ2n) is 6.32. The number of hydrogen-bond acceptors (Lipinski definition) is 3. The SMILES string of the molecule is CCOCC(C)N1CCCNC(C2CCCCC2)C1. The number of nitrogens with one attached hydrogen (secondary N) is 1. The van der Waals surface area contributed by atoms with E-state index in [9.17, 15) is 0 Å². The minimum Gasteiger partial charge on any atom is -0.380 e. The Bertz CT molecular complexity index is 241. The highest BCUT2D eigenvalue weighted by atomic mass is 16.5. The van der Waals surface area contributed by atoms with Crippen molar-refractivity contribution >= 4 is 0 Å². The average Bonchev–Trinajstić information content (AvgIpc) is 2.71. The summed E-state index contributed by atoms with van der Waals surface area (Å²) in [4.78, 5) is 2.65. The fourth-order valence-electron chi connectivity index (χ4n) is 3.62. The lowest BCUT2D eigenvalue weighted by Crippen LogP contribution is -2.47. The van der Waals surface area contributed by atoms with Gasteiger partial charge >= 0.3 is 0 Å². The topological polar surface area (TPSA) is 24.5 Å². The monoisotopic (exact) mass is 268 g/mol. The van der Waals surface area contributed by atoms with Crippen LogP contribution in [0.2, 0.25) is 0 Å². The van der Waals surface area contributed by atoms with Crippen LogP contribution in [0, 0.1) is 5.92 Å². The first-order valence-electron chi connectivity index (χ1n) is 8.36. The van der Waals surface area contributed by atoms with Crippen LogP contribution < -0.4 is 5.32 Å². The summed E-state index contributed by atoms with van der Waals surface area (Å²) in [5, 5.41) is 3.81. The van der Waals surface area contributed by atoms with Crippen LogP contribution in [0.25, 0.3) is 0 Å². The van der Waals surface area contributed by atoms with Crippen molar-refractivity contribution in [1.82, 2.24) is 10.2 Å². The molecule has 0 aromatic rings. The Kier molecular flexibility index (Phi) is 6.62. The zero-order valence-electron chi connectivity index (χ0n) is 12.9. The molecular weight excluding hydrogens is 236 g/mol. The summed E-state index contributed by atoms with van der Waals surface area (Å²) in [6.07, 6.45) is 8.48. The number of rotatable bonds is 5. The molecule has 0 spiro atoms. The Morgan fingerprint density at radius 1 is 1.21 bits per heavy atom. The maximum atomic E-state index is 5.61. The van der Waals surface area contributed by atoms with Crippen molar-refractivity contribution in [2.45, 2.75) is 64.5 Å². The van der Waals surface area contributed by atoms with Crippen LogP contribution in [-0.4, -0.2) is 49.8 Å². The van der Waals surface area contributed by atoms with E-state index in [0.29, 0.717) is 12.1 Å². The molecule has 0 bridgehead atoms. The smallest absolute Gasteiger partial charge is 0.0619 e. The van der Waals surface area contributed by atoms with Crippen molar-refractivity contribution in [3.8, 4) is 0 Å². The molecule has 2 aliphatic rings. The van der Waals surface area contributed by atoms with Crippen LogP contribution in [0.15, 0.2) is 0 Å². The first kappa shape index (κ1) is 15.3. The highest BCUT2D eigenvalue weighted by molar-refractivity contribution is 4.86. The van der Waals surface area contributed by atoms with Crippen LogP contribution in [0.4, 0.5) is 0 Å². The fourth-order valence-corrected chi connectivity index (χ4v) is 3.62. The standard InChI is InChI=1S/C16H32N2O/c1-3-19-13-14(2)18-11-7-10-17-16(12-18)15-8-5-4-6-9-15/h14-17H,3-13H2,1-2H3. The summed E-state index contributed by atoms with van der Waals surface area (Å²) in [7, 11) is 0. The molecule has 1 aliphatic heterocycles. The molecule has 0 aromatic heterocycles. The summed E-state index contributed by atoms with van der Waals surface area (Å²) in [5.74, 6) is 0.911. The van der Waals surface area contributed by atoms with Gasteiger partial charge in [-0.2, -0.15) is 0 Å². The Morgan fingerprint density at radius 3 is 2.74 bits per heavy atom. The lowest BCUT2D eigenvalue weighted by atomic mass is 9.83. The van der Waals surface area contributed by atoms with Gasteiger partial charge < -0.3 is 10.1 Å². The molecule has 0 aromatic carbocycles. The van der Waals surface area contributed by atoms with Gasteiger partial charge in [-0.15, -0.1) is 0 Å². The minimum atomic E-state index is 0.561. The van der Waals surface area contributed by atoms with Gasteiger partial charge in [0.2, 0.25) is 0 Å². The van der Waals surface area contributed by atoms with E-state index in [-0.39, 0.29) is 0 Å². The van der Waals surface area contributed by atoms with Gasteiger partial charge in [0.05, 0.1) is 6.61 Å². The third-order valence-corrected chi connectivity index (χ3v) is 4.87. The van der Waals surface area contributed by atoms with E-state index in [1.54, 1.807) is 0 Å². The third-order valence-electron chi connectivity index (χ3n) is 4.87. The predicted octanol–water partition coefficient (Wildman–Crippen LogP) is 2.66. The molecule has 2 unspecified atom stereocenters. The fraction of sp³-hybridized carbons (Fsp3) is 1.00. The van der Waals surface area contributed by atoms with Gasteiger partial charge in [-0.1, -0.05) is 19.3 Å². The van der Waals surface area contributed by atoms with Crippen molar-refractivity contribution in [1.29, 1.82) is 0 Å². The first-order valence-corrected chi connectivity index (χ1v) is 8.36. The van der Waals surface area contributed by atoms with E-state index < -0.39 is 0 Å². The van der Waals surface area contributed by atoms with Crippen molar-refractivity contribution in [2.24, 2.45) is 5.92 Å². The van der Waals surface area contributed by atoms with Gasteiger partial charge in [-0.05, 0) is 52.1 Å². The summed E-state index contributed by atoms with van der Waals surface area (Å²) < 4.78 is 5.61. The van der Waals surface area contributed by atoms with Crippen LogP contribution in [0.5, 0.6) is 0 Å². The molecular formula is C16H32N2O. The predicted molar refractivity (Wildman–Crippen MR) is 80.5 cm³/mol. The van der Waals surface area contributed by atoms with Crippen LogP contribution in [0.1, 0.15) is 52.4 Å². The van der Waals surface area contributed by atoms with E-state index in [1.165, 1.54) is 58.2 Å². The first-order chi connectivity index (χ1) is 9.31. The normalized spacial score (nSPS) is 29.1. The molecule has 2 rings (SSSR count). The molecule has 2 fully saturated rings. The Morgan fingerprint density at radius 2 is 2.00 bits per heavy atom. The lowest BCUT2D eigenvalue weighted by molar-refractivity contribution is 0.0676.